The third kappa shape index (κ3) is 4.11. The summed E-state index contributed by atoms with van der Waals surface area (Å²) in [5.41, 5.74) is 0. The van der Waals surface area contributed by atoms with Crippen molar-refractivity contribution >= 4 is 28.9 Å². The van der Waals surface area contributed by atoms with Gasteiger partial charge < -0.3 is 4.74 Å². The van der Waals surface area contributed by atoms with Crippen LogP contribution in [-0.2, 0) is 0 Å². The van der Waals surface area contributed by atoms with Gasteiger partial charge in [0.2, 0.25) is 0 Å². The van der Waals surface area contributed by atoms with Gasteiger partial charge in [-0.15, -0.1) is 23.1 Å². The summed E-state index contributed by atoms with van der Waals surface area (Å²) in [5.74, 6) is 2.07. The second kappa shape index (κ2) is 7.36. The van der Waals surface area contributed by atoms with E-state index in [1.165, 1.54) is 11.3 Å². The Morgan fingerprint density at radius 3 is 2.84 bits per heavy atom. The number of Topliss-reactive ketones (excluding diaryl/α,β-unsaturated/α-hetero) is 1. The molecule has 1 aromatic carbocycles. The van der Waals surface area contributed by atoms with Crippen LogP contribution in [0, 0.1) is 0 Å². The SMILES string of the molecule is COc1ccccc1SCCCC(=O)c1cccs1. The Morgan fingerprint density at radius 1 is 1.26 bits per heavy atom. The first kappa shape index (κ1) is 14.2. The molecule has 0 aliphatic rings. The number of carbonyl (C=O) groups excluding carboxylic acids is 1. The third-order valence-corrected chi connectivity index (χ3v) is 4.72. The fourth-order valence-corrected chi connectivity index (χ4v) is 3.38. The van der Waals surface area contributed by atoms with Crippen LogP contribution in [0.4, 0.5) is 0 Å². The molecule has 2 rings (SSSR count). The summed E-state index contributed by atoms with van der Waals surface area (Å²) in [6.07, 6.45) is 1.50. The van der Waals surface area contributed by atoms with Crippen LogP contribution in [0.2, 0.25) is 0 Å². The van der Waals surface area contributed by atoms with E-state index >= 15 is 0 Å². The molecule has 0 radical (unpaired) electrons. The maximum absolute atomic E-state index is 11.8. The van der Waals surface area contributed by atoms with E-state index in [2.05, 4.69) is 0 Å². The summed E-state index contributed by atoms with van der Waals surface area (Å²) in [7, 11) is 1.68. The van der Waals surface area contributed by atoms with Crippen molar-refractivity contribution in [2.45, 2.75) is 17.7 Å². The van der Waals surface area contributed by atoms with Crippen molar-refractivity contribution in [3.05, 3.63) is 46.7 Å². The summed E-state index contributed by atoms with van der Waals surface area (Å²) in [4.78, 5) is 13.8. The topological polar surface area (TPSA) is 26.3 Å². The van der Waals surface area contributed by atoms with Crippen molar-refractivity contribution in [1.82, 2.24) is 0 Å². The summed E-state index contributed by atoms with van der Waals surface area (Å²) in [5, 5.41) is 1.94. The molecule has 0 unspecified atom stereocenters. The minimum Gasteiger partial charge on any atom is -0.496 e. The van der Waals surface area contributed by atoms with Crippen molar-refractivity contribution < 1.29 is 9.53 Å². The molecule has 0 aliphatic heterocycles. The van der Waals surface area contributed by atoms with Crippen LogP contribution in [0.25, 0.3) is 0 Å². The van der Waals surface area contributed by atoms with E-state index in [0.29, 0.717) is 6.42 Å². The molecule has 2 nitrogen and oxygen atoms in total. The van der Waals surface area contributed by atoms with Gasteiger partial charge in [0.1, 0.15) is 5.75 Å². The zero-order valence-electron chi connectivity index (χ0n) is 10.8. The Balaban J connectivity index is 1.76. The summed E-state index contributed by atoms with van der Waals surface area (Å²) >= 11 is 3.25. The van der Waals surface area contributed by atoms with Crippen molar-refractivity contribution in [3.63, 3.8) is 0 Å². The van der Waals surface area contributed by atoms with Crippen LogP contribution in [0.5, 0.6) is 5.75 Å². The van der Waals surface area contributed by atoms with Gasteiger partial charge >= 0.3 is 0 Å². The van der Waals surface area contributed by atoms with Crippen molar-refractivity contribution in [2.75, 3.05) is 12.9 Å². The second-order valence-corrected chi connectivity index (χ2v) is 6.09. The van der Waals surface area contributed by atoms with Gasteiger partial charge in [0.25, 0.3) is 0 Å². The summed E-state index contributed by atoms with van der Waals surface area (Å²) in [6, 6.07) is 11.8. The summed E-state index contributed by atoms with van der Waals surface area (Å²) < 4.78 is 5.30. The van der Waals surface area contributed by atoms with E-state index in [4.69, 9.17) is 4.74 Å². The summed E-state index contributed by atoms with van der Waals surface area (Å²) in [6.45, 7) is 0. The van der Waals surface area contributed by atoms with Crippen LogP contribution in [-0.4, -0.2) is 18.6 Å². The normalized spacial score (nSPS) is 10.4. The Bertz CT molecular complexity index is 521. The molecule has 1 aromatic heterocycles. The predicted octanol–water partition coefficient (Wildman–Crippen LogP) is 4.51. The number of thiophene rings is 1. The highest BCUT2D eigenvalue weighted by Gasteiger charge is 2.07. The van der Waals surface area contributed by atoms with Crippen molar-refractivity contribution in [1.29, 1.82) is 0 Å². The first-order chi connectivity index (χ1) is 9.31. The molecule has 1 heterocycles. The number of methoxy groups -OCH3 is 1. The van der Waals surface area contributed by atoms with E-state index < -0.39 is 0 Å². The van der Waals surface area contributed by atoms with E-state index in [9.17, 15) is 4.79 Å². The van der Waals surface area contributed by atoms with E-state index in [0.717, 1.165) is 27.7 Å². The van der Waals surface area contributed by atoms with Crippen LogP contribution >= 0.6 is 23.1 Å². The van der Waals surface area contributed by atoms with Gasteiger partial charge in [-0.1, -0.05) is 18.2 Å². The number of benzene rings is 1. The van der Waals surface area contributed by atoms with Gasteiger partial charge in [-0.25, -0.2) is 0 Å². The third-order valence-electron chi connectivity index (χ3n) is 2.67. The van der Waals surface area contributed by atoms with E-state index in [1.807, 2.05) is 41.8 Å². The quantitative estimate of drug-likeness (QED) is 0.426. The van der Waals surface area contributed by atoms with Crippen LogP contribution in [0.3, 0.4) is 0 Å². The Labute approximate surface area is 121 Å². The van der Waals surface area contributed by atoms with E-state index in [-0.39, 0.29) is 5.78 Å². The lowest BCUT2D eigenvalue weighted by atomic mass is 10.2. The highest BCUT2D eigenvalue weighted by molar-refractivity contribution is 7.99. The Hall–Kier alpha value is -1.26. The zero-order chi connectivity index (χ0) is 13.5. The van der Waals surface area contributed by atoms with Crippen LogP contribution < -0.4 is 4.74 Å². The maximum Gasteiger partial charge on any atom is 0.172 e. The molecule has 0 spiro atoms. The molecule has 4 heteroatoms. The first-order valence-corrected chi connectivity index (χ1v) is 8.00. The van der Waals surface area contributed by atoms with Gasteiger partial charge in [-0.05, 0) is 35.8 Å². The molecule has 0 N–H and O–H groups in total. The standard InChI is InChI=1S/C15H16O2S2/c1-17-13-7-2-3-8-15(13)19-10-4-6-12(16)14-9-5-11-18-14/h2-3,5,7-9,11H,4,6,10H2,1H3. The number of thioether (sulfide) groups is 1. The molecule has 100 valence electrons. The number of rotatable bonds is 7. The zero-order valence-corrected chi connectivity index (χ0v) is 12.4. The minimum absolute atomic E-state index is 0.246. The molecular formula is C15H16O2S2. The lowest BCUT2D eigenvalue weighted by molar-refractivity contribution is 0.0986. The Morgan fingerprint density at radius 2 is 2.11 bits per heavy atom. The number of hydrogen-bond acceptors (Lipinski definition) is 4. The largest absolute Gasteiger partial charge is 0.496 e. The number of para-hydroxylation sites is 1. The van der Waals surface area contributed by atoms with Crippen LogP contribution in [0.1, 0.15) is 22.5 Å². The lowest BCUT2D eigenvalue weighted by Crippen LogP contribution is -1.96. The first-order valence-electron chi connectivity index (χ1n) is 6.14. The average Bonchev–Trinajstić information content (AvgIpc) is 2.98. The molecule has 2 aromatic rings. The van der Waals surface area contributed by atoms with Gasteiger partial charge in [-0.3, -0.25) is 4.79 Å². The molecule has 0 amide bonds. The highest BCUT2D eigenvalue weighted by Crippen LogP contribution is 2.29. The molecular weight excluding hydrogens is 276 g/mol. The smallest absolute Gasteiger partial charge is 0.172 e. The fourth-order valence-electron chi connectivity index (χ4n) is 1.71. The van der Waals surface area contributed by atoms with Crippen LogP contribution in [0.15, 0.2) is 46.7 Å². The molecule has 0 saturated heterocycles. The van der Waals surface area contributed by atoms with Gasteiger partial charge in [0.15, 0.2) is 5.78 Å². The molecule has 0 aliphatic carbocycles. The second-order valence-electron chi connectivity index (χ2n) is 4.00. The average molecular weight is 292 g/mol. The van der Waals surface area contributed by atoms with Gasteiger partial charge in [-0.2, -0.15) is 0 Å². The van der Waals surface area contributed by atoms with Gasteiger partial charge in [0.05, 0.1) is 12.0 Å². The minimum atomic E-state index is 0.246. The number of hydrogen-bond donors (Lipinski definition) is 0. The lowest BCUT2D eigenvalue weighted by Gasteiger charge is -2.07. The van der Waals surface area contributed by atoms with E-state index in [1.54, 1.807) is 18.9 Å². The predicted molar refractivity (Wildman–Crippen MR) is 81.6 cm³/mol. The fraction of sp³-hybridized carbons (Fsp3) is 0.267. The molecule has 0 saturated carbocycles. The number of carbonyl (C=O) groups is 1. The highest BCUT2D eigenvalue weighted by atomic mass is 32.2. The molecule has 19 heavy (non-hydrogen) atoms. The molecule has 0 atom stereocenters. The van der Waals surface area contributed by atoms with Crippen molar-refractivity contribution in [3.8, 4) is 5.75 Å². The molecule has 0 bridgehead atoms. The number of ketones is 1. The monoisotopic (exact) mass is 292 g/mol. The maximum atomic E-state index is 11.8. The van der Waals surface area contributed by atoms with Crippen molar-refractivity contribution in [2.24, 2.45) is 0 Å². The van der Waals surface area contributed by atoms with Gasteiger partial charge in [0, 0.05) is 11.3 Å². The Kier molecular flexibility index (Phi) is 5.48. The number of ether oxygens (including phenoxy) is 1. The molecule has 0 fully saturated rings.